The van der Waals surface area contributed by atoms with Gasteiger partial charge in [0.1, 0.15) is 5.75 Å². The molecule has 0 amide bonds. The highest BCUT2D eigenvalue weighted by molar-refractivity contribution is 14.0. The third-order valence-electron chi connectivity index (χ3n) is 4.43. The number of likely N-dealkylation sites (tertiary alicyclic amines) is 1. The molecule has 1 aliphatic heterocycles. The monoisotopic (exact) mass is 530 g/mol. The van der Waals surface area contributed by atoms with E-state index in [0.29, 0.717) is 18.1 Å². The quantitative estimate of drug-likeness (QED) is 0.274. The van der Waals surface area contributed by atoms with Crippen molar-refractivity contribution < 1.29 is 23.0 Å². The Labute approximate surface area is 186 Å². The summed E-state index contributed by atoms with van der Waals surface area (Å²) in [5.74, 6) is 0.287. The predicted octanol–water partition coefficient (Wildman–Crippen LogP) is 3.28. The summed E-state index contributed by atoms with van der Waals surface area (Å²) in [6.45, 7) is 6.69. The Morgan fingerprint density at radius 1 is 1.17 bits per heavy atom. The highest BCUT2D eigenvalue weighted by Gasteiger charge is 2.31. The smallest absolute Gasteiger partial charge is 0.406 e. The molecule has 6 nitrogen and oxygen atoms in total. The first-order valence-corrected chi connectivity index (χ1v) is 9.65. The number of nitrogens with zero attached hydrogens (tertiary/aromatic N) is 2. The van der Waals surface area contributed by atoms with Crippen LogP contribution in [0.5, 0.6) is 5.75 Å². The molecule has 166 valence electrons. The van der Waals surface area contributed by atoms with Crippen molar-refractivity contribution in [1.29, 1.82) is 0 Å². The van der Waals surface area contributed by atoms with Gasteiger partial charge in [-0.15, -0.1) is 37.1 Å². The number of hydrogen-bond donors (Lipinski definition) is 3. The normalized spacial score (nSPS) is 16.7. The van der Waals surface area contributed by atoms with Crippen LogP contribution in [0.25, 0.3) is 0 Å². The number of guanidine groups is 1. The topological polar surface area (TPSA) is 69.1 Å². The number of aliphatic hydroxyl groups is 1. The Kier molecular flexibility index (Phi) is 11.7. The molecule has 1 heterocycles. The van der Waals surface area contributed by atoms with Crippen LogP contribution in [-0.2, 0) is 0 Å². The van der Waals surface area contributed by atoms with Crippen molar-refractivity contribution in [2.75, 3.05) is 39.3 Å². The Morgan fingerprint density at radius 2 is 1.83 bits per heavy atom. The van der Waals surface area contributed by atoms with Crippen LogP contribution in [0, 0.1) is 0 Å². The zero-order valence-corrected chi connectivity index (χ0v) is 18.9. The molecule has 1 aromatic carbocycles. The van der Waals surface area contributed by atoms with Gasteiger partial charge in [-0.05, 0) is 50.6 Å². The predicted molar refractivity (Wildman–Crippen MR) is 118 cm³/mol. The molecule has 1 aliphatic rings. The van der Waals surface area contributed by atoms with E-state index in [9.17, 15) is 18.3 Å². The number of aliphatic imine (C=N–C) groups is 1. The van der Waals surface area contributed by atoms with E-state index in [1.54, 1.807) is 0 Å². The van der Waals surface area contributed by atoms with E-state index in [2.05, 4.69) is 25.3 Å². The second-order valence-corrected chi connectivity index (χ2v) is 6.68. The molecule has 1 saturated heterocycles. The first-order chi connectivity index (χ1) is 13.4. The molecule has 10 heteroatoms. The molecule has 0 aromatic heterocycles. The Bertz CT molecular complexity index is 608. The lowest BCUT2D eigenvalue weighted by Crippen LogP contribution is -2.42. The molecule has 1 fully saturated rings. The lowest BCUT2D eigenvalue weighted by atomic mass is 10.1. The average molecular weight is 530 g/mol. The Morgan fingerprint density at radius 3 is 2.41 bits per heavy atom. The fourth-order valence-electron chi connectivity index (χ4n) is 3.03. The second-order valence-electron chi connectivity index (χ2n) is 6.68. The lowest BCUT2D eigenvalue weighted by molar-refractivity contribution is -0.274. The van der Waals surface area contributed by atoms with Crippen molar-refractivity contribution in [1.82, 2.24) is 15.5 Å². The molecule has 2 rings (SSSR count). The fourth-order valence-corrected chi connectivity index (χ4v) is 3.03. The number of hydrogen-bond acceptors (Lipinski definition) is 4. The van der Waals surface area contributed by atoms with Gasteiger partial charge < -0.3 is 25.4 Å². The minimum atomic E-state index is -4.73. The largest absolute Gasteiger partial charge is 0.573 e. The van der Waals surface area contributed by atoms with Crippen molar-refractivity contribution in [3.63, 3.8) is 0 Å². The van der Waals surface area contributed by atoms with E-state index < -0.39 is 12.5 Å². The maximum atomic E-state index is 12.2. The lowest BCUT2D eigenvalue weighted by Gasteiger charge is -2.26. The number of ether oxygens (including phenoxy) is 1. The van der Waals surface area contributed by atoms with E-state index in [1.165, 1.54) is 43.5 Å². The second kappa shape index (κ2) is 13.1. The van der Waals surface area contributed by atoms with Gasteiger partial charge in [-0.2, -0.15) is 0 Å². The number of alkyl halides is 3. The Hall–Kier alpha value is -1.27. The van der Waals surface area contributed by atoms with E-state index in [1.807, 2.05) is 6.92 Å². The molecule has 0 spiro atoms. The molecule has 1 aromatic rings. The number of nitrogens with one attached hydrogen (secondary N) is 2. The summed E-state index contributed by atoms with van der Waals surface area (Å²) in [5.41, 5.74) is 0.474. The van der Waals surface area contributed by atoms with Gasteiger partial charge in [-0.1, -0.05) is 18.6 Å². The average Bonchev–Trinajstić information content (AvgIpc) is 2.66. The molecule has 1 unspecified atom stereocenters. The van der Waals surface area contributed by atoms with Gasteiger partial charge >= 0.3 is 6.36 Å². The maximum Gasteiger partial charge on any atom is 0.573 e. The molecular weight excluding hydrogens is 500 g/mol. The van der Waals surface area contributed by atoms with Gasteiger partial charge in [-0.3, -0.25) is 4.99 Å². The summed E-state index contributed by atoms with van der Waals surface area (Å²) < 4.78 is 40.4. The van der Waals surface area contributed by atoms with Crippen LogP contribution in [0.15, 0.2) is 29.3 Å². The van der Waals surface area contributed by atoms with Crippen LogP contribution in [0.3, 0.4) is 0 Å². The zero-order valence-electron chi connectivity index (χ0n) is 16.5. The molecule has 0 radical (unpaired) electrons. The first-order valence-electron chi connectivity index (χ1n) is 9.65. The van der Waals surface area contributed by atoms with Crippen LogP contribution >= 0.6 is 24.0 Å². The summed E-state index contributed by atoms with van der Waals surface area (Å²) in [6.07, 6.45) is -1.86. The van der Waals surface area contributed by atoms with Gasteiger partial charge in [-0.25, -0.2) is 0 Å². The van der Waals surface area contributed by atoms with Crippen LogP contribution in [-0.4, -0.2) is 61.6 Å². The van der Waals surface area contributed by atoms with E-state index in [-0.39, 0.29) is 36.3 Å². The van der Waals surface area contributed by atoms with Crippen LogP contribution < -0.4 is 15.4 Å². The van der Waals surface area contributed by atoms with Crippen LogP contribution in [0.4, 0.5) is 13.2 Å². The van der Waals surface area contributed by atoms with Crippen molar-refractivity contribution >= 4 is 29.9 Å². The van der Waals surface area contributed by atoms with Crippen molar-refractivity contribution in [3.05, 3.63) is 29.8 Å². The van der Waals surface area contributed by atoms with Crippen molar-refractivity contribution in [2.24, 2.45) is 4.99 Å². The van der Waals surface area contributed by atoms with E-state index in [4.69, 9.17) is 0 Å². The summed E-state index contributed by atoms with van der Waals surface area (Å²) in [7, 11) is 0. The summed E-state index contributed by atoms with van der Waals surface area (Å²) in [6, 6.07) is 5.16. The number of aliphatic hydroxyl groups excluding tert-OH is 1. The minimum absolute atomic E-state index is 0. The molecular formula is C19H30F3IN4O2. The first kappa shape index (κ1) is 25.8. The van der Waals surface area contributed by atoms with Crippen molar-refractivity contribution in [3.8, 4) is 5.75 Å². The number of benzene rings is 1. The van der Waals surface area contributed by atoms with Gasteiger partial charge in [0.15, 0.2) is 5.96 Å². The summed E-state index contributed by atoms with van der Waals surface area (Å²) in [4.78, 5) is 6.79. The van der Waals surface area contributed by atoms with Gasteiger partial charge in [0.05, 0.1) is 12.6 Å². The fraction of sp³-hybridized carbons (Fsp3) is 0.632. The molecule has 0 aliphatic carbocycles. The van der Waals surface area contributed by atoms with Gasteiger partial charge in [0.2, 0.25) is 0 Å². The highest BCUT2D eigenvalue weighted by atomic mass is 127. The molecule has 0 saturated carbocycles. The highest BCUT2D eigenvalue weighted by Crippen LogP contribution is 2.24. The molecule has 0 bridgehead atoms. The SMILES string of the molecule is CCNC(=NCC(O)c1ccc(OC(F)(F)F)cc1)NCCN1CCCCC1.I. The molecule has 3 N–H and O–H groups in total. The van der Waals surface area contributed by atoms with Crippen LogP contribution in [0.2, 0.25) is 0 Å². The molecule has 1 atom stereocenters. The minimum Gasteiger partial charge on any atom is -0.406 e. The Balaban J connectivity index is 0.00000420. The van der Waals surface area contributed by atoms with Gasteiger partial charge in [0, 0.05) is 19.6 Å². The summed E-state index contributed by atoms with van der Waals surface area (Å²) >= 11 is 0. The van der Waals surface area contributed by atoms with Crippen LogP contribution in [0.1, 0.15) is 37.9 Å². The number of halogens is 4. The third-order valence-corrected chi connectivity index (χ3v) is 4.43. The zero-order chi connectivity index (χ0) is 20.4. The molecule has 29 heavy (non-hydrogen) atoms. The van der Waals surface area contributed by atoms with E-state index >= 15 is 0 Å². The summed E-state index contributed by atoms with van der Waals surface area (Å²) in [5, 5.41) is 16.6. The maximum absolute atomic E-state index is 12.2. The standard InChI is InChI=1S/C19H29F3N4O2.HI/c1-2-23-18(24-10-13-26-11-4-3-5-12-26)25-14-17(27)15-6-8-16(9-7-15)28-19(20,21)22;/h6-9,17,27H,2-5,10-14H2,1H3,(H2,23,24,25);1H. The van der Waals surface area contributed by atoms with Crippen molar-refractivity contribution in [2.45, 2.75) is 38.7 Å². The third kappa shape index (κ3) is 10.4. The van der Waals surface area contributed by atoms with E-state index in [0.717, 1.165) is 26.2 Å². The van der Waals surface area contributed by atoms with Gasteiger partial charge in [0.25, 0.3) is 0 Å². The number of piperidine rings is 1. The number of rotatable bonds is 8.